The van der Waals surface area contributed by atoms with Crippen molar-refractivity contribution in [3.63, 3.8) is 0 Å². The van der Waals surface area contributed by atoms with Crippen LogP contribution in [0.5, 0.6) is 0 Å². The summed E-state index contributed by atoms with van der Waals surface area (Å²) in [4.78, 5) is 4.13. The standard InChI is InChI=1S/C15H25N3O/c1-3-9-17-12-4-7-15(19,8-5-12)13-11(2)6-10-18-14(13)16/h6,10,12,17,19H,3-5,7-9H2,1-2H3,(H2,16,18). The number of aryl methyl sites for hydroxylation is 1. The molecule has 0 atom stereocenters. The summed E-state index contributed by atoms with van der Waals surface area (Å²) in [7, 11) is 0. The van der Waals surface area contributed by atoms with Gasteiger partial charge in [0, 0.05) is 17.8 Å². The van der Waals surface area contributed by atoms with Gasteiger partial charge in [-0.25, -0.2) is 4.98 Å². The van der Waals surface area contributed by atoms with Crippen LogP contribution in [0.2, 0.25) is 0 Å². The number of rotatable bonds is 4. The number of nitrogens with zero attached hydrogens (tertiary/aromatic N) is 1. The second-order valence-corrected chi connectivity index (χ2v) is 5.65. The average Bonchev–Trinajstić information content (AvgIpc) is 2.38. The molecule has 106 valence electrons. The smallest absolute Gasteiger partial charge is 0.129 e. The monoisotopic (exact) mass is 263 g/mol. The van der Waals surface area contributed by atoms with E-state index in [2.05, 4.69) is 17.2 Å². The van der Waals surface area contributed by atoms with Crippen LogP contribution in [0.25, 0.3) is 0 Å². The molecule has 1 aromatic heterocycles. The Labute approximate surface area is 115 Å². The molecule has 0 aliphatic heterocycles. The summed E-state index contributed by atoms with van der Waals surface area (Å²) in [5.74, 6) is 0.475. The highest BCUT2D eigenvalue weighted by molar-refractivity contribution is 5.48. The van der Waals surface area contributed by atoms with Gasteiger partial charge in [0.25, 0.3) is 0 Å². The van der Waals surface area contributed by atoms with Crippen LogP contribution >= 0.6 is 0 Å². The molecule has 4 N–H and O–H groups in total. The SMILES string of the molecule is CCCNC1CCC(O)(c2c(C)ccnc2N)CC1. The highest BCUT2D eigenvalue weighted by atomic mass is 16.3. The summed E-state index contributed by atoms with van der Waals surface area (Å²) in [6.07, 6.45) is 6.34. The molecule has 1 aromatic rings. The third-order valence-corrected chi connectivity index (χ3v) is 4.15. The van der Waals surface area contributed by atoms with Crippen molar-refractivity contribution in [2.45, 2.75) is 57.6 Å². The summed E-state index contributed by atoms with van der Waals surface area (Å²) in [5.41, 5.74) is 7.04. The first-order valence-corrected chi connectivity index (χ1v) is 7.24. The quantitative estimate of drug-likeness (QED) is 0.778. The van der Waals surface area contributed by atoms with Crippen LogP contribution in [0.4, 0.5) is 5.82 Å². The lowest BCUT2D eigenvalue weighted by Gasteiger charge is -2.37. The molecule has 0 amide bonds. The van der Waals surface area contributed by atoms with Gasteiger partial charge in [-0.3, -0.25) is 0 Å². The predicted octanol–water partition coefficient (Wildman–Crippen LogP) is 2.10. The van der Waals surface area contributed by atoms with Crippen LogP contribution in [0.1, 0.15) is 50.2 Å². The van der Waals surface area contributed by atoms with E-state index in [0.29, 0.717) is 11.9 Å². The molecule has 4 heteroatoms. The first-order chi connectivity index (χ1) is 9.07. The number of nitrogens with two attached hydrogens (primary N) is 1. The predicted molar refractivity (Wildman–Crippen MR) is 77.8 cm³/mol. The van der Waals surface area contributed by atoms with Gasteiger partial charge in [-0.2, -0.15) is 0 Å². The molecule has 1 saturated carbocycles. The molecule has 1 aliphatic rings. The van der Waals surface area contributed by atoms with E-state index in [-0.39, 0.29) is 0 Å². The Kier molecular flexibility index (Phi) is 4.42. The van der Waals surface area contributed by atoms with Crippen molar-refractivity contribution >= 4 is 5.82 Å². The Morgan fingerprint density at radius 2 is 2.16 bits per heavy atom. The molecule has 0 aromatic carbocycles. The van der Waals surface area contributed by atoms with Crippen LogP contribution in [-0.2, 0) is 5.60 Å². The normalized spacial score (nSPS) is 27.4. The summed E-state index contributed by atoms with van der Waals surface area (Å²) in [6, 6.07) is 2.45. The van der Waals surface area contributed by atoms with Gasteiger partial charge in [-0.05, 0) is 57.2 Å². The van der Waals surface area contributed by atoms with Crippen molar-refractivity contribution < 1.29 is 5.11 Å². The molecule has 1 fully saturated rings. The Morgan fingerprint density at radius 1 is 1.47 bits per heavy atom. The number of hydrogen-bond acceptors (Lipinski definition) is 4. The minimum absolute atomic E-state index is 0.475. The number of anilines is 1. The molecular weight excluding hydrogens is 238 g/mol. The molecule has 0 radical (unpaired) electrons. The third kappa shape index (κ3) is 3.07. The fourth-order valence-corrected chi connectivity index (χ4v) is 3.08. The summed E-state index contributed by atoms with van der Waals surface area (Å²) < 4.78 is 0. The molecule has 19 heavy (non-hydrogen) atoms. The maximum Gasteiger partial charge on any atom is 0.129 e. The van der Waals surface area contributed by atoms with Gasteiger partial charge < -0.3 is 16.2 Å². The summed E-state index contributed by atoms with van der Waals surface area (Å²) in [5, 5.41) is 14.4. The van der Waals surface area contributed by atoms with E-state index in [4.69, 9.17) is 5.73 Å². The highest BCUT2D eigenvalue weighted by Crippen LogP contribution is 2.40. The van der Waals surface area contributed by atoms with Gasteiger partial charge in [-0.15, -0.1) is 0 Å². The van der Waals surface area contributed by atoms with E-state index in [1.54, 1.807) is 6.20 Å². The first-order valence-electron chi connectivity index (χ1n) is 7.24. The highest BCUT2D eigenvalue weighted by Gasteiger charge is 2.37. The minimum Gasteiger partial charge on any atom is -0.385 e. The maximum atomic E-state index is 10.9. The Bertz CT molecular complexity index is 405. The number of hydrogen-bond donors (Lipinski definition) is 3. The fraction of sp³-hybridized carbons (Fsp3) is 0.667. The van der Waals surface area contributed by atoms with Crippen molar-refractivity contribution in [3.05, 3.63) is 23.4 Å². The average molecular weight is 263 g/mol. The van der Waals surface area contributed by atoms with Gasteiger partial charge in [0.05, 0.1) is 5.60 Å². The van der Waals surface area contributed by atoms with Crippen molar-refractivity contribution in [2.75, 3.05) is 12.3 Å². The first kappa shape index (κ1) is 14.3. The van der Waals surface area contributed by atoms with Crippen LogP contribution in [0.15, 0.2) is 12.3 Å². The molecule has 2 rings (SSSR count). The van der Waals surface area contributed by atoms with Crippen molar-refractivity contribution in [1.82, 2.24) is 10.3 Å². The minimum atomic E-state index is -0.799. The lowest BCUT2D eigenvalue weighted by molar-refractivity contribution is -0.00833. The lowest BCUT2D eigenvalue weighted by atomic mass is 9.76. The zero-order valence-electron chi connectivity index (χ0n) is 11.9. The maximum absolute atomic E-state index is 10.9. The molecule has 1 aliphatic carbocycles. The molecule has 0 saturated heterocycles. The fourth-order valence-electron chi connectivity index (χ4n) is 3.08. The van der Waals surface area contributed by atoms with Crippen LogP contribution in [0, 0.1) is 6.92 Å². The van der Waals surface area contributed by atoms with E-state index >= 15 is 0 Å². The summed E-state index contributed by atoms with van der Waals surface area (Å²) >= 11 is 0. The number of aromatic nitrogens is 1. The lowest BCUT2D eigenvalue weighted by Crippen LogP contribution is -2.40. The van der Waals surface area contributed by atoms with E-state index < -0.39 is 5.60 Å². The van der Waals surface area contributed by atoms with Crippen LogP contribution < -0.4 is 11.1 Å². The second kappa shape index (κ2) is 5.88. The van der Waals surface area contributed by atoms with E-state index in [1.807, 2.05) is 13.0 Å². The van der Waals surface area contributed by atoms with Crippen molar-refractivity contribution in [2.24, 2.45) is 0 Å². The number of nitrogens with one attached hydrogen (secondary N) is 1. The van der Waals surface area contributed by atoms with Crippen molar-refractivity contribution in [1.29, 1.82) is 0 Å². The largest absolute Gasteiger partial charge is 0.385 e. The molecule has 0 bridgehead atoms. The van der Waals surface area contributed by atoms with E-state index in [9.17, 15) is 5.11 Å². The van der Waals surface area contributed by atoms with Gasteiger partial charge in [0.1, 0.15) is 5.82 Å². The Hall–Kier alpha value is -1.13. The third-order valence-electron chi connectivity index (χ3n) is 4.15. The Morgan fingerprint density at radius 3 is 2.74 bits per heavy atom. The van der Waals surface area contributed by atoms with Gasteiger partial charge in [0.2, 0.25) is 0 Å². The number of nitrogen functional groups attached to an aromatic ring is 1. The molecule has 0 unspecified atom stereocenters. The van der Waals surface area contributed by atoms with Crippen LogP contribution in [0.3, 0.4) is 0 Å². The topological polar surface area (TPSA) is 71.2 Å². The van der Waals surface area contributed by atoms with Crippen LogP contribution in [-0.4, -0.2) is 22.7 Å². The van der Waals surface area contributed by atoms with E-state index in [0.717, 1.165) is 49.8 Å². The van der Waals surface area contributed by atoms with Gasteiger partial charge in [-0.1, -0.05) is 6.92 Å². The van der Waals surface area contributed by atoms with E-state index in [1.165, 1.54) is 0 Å². The molecular formula is C15H25N3O. The molecule has 0 spiro atoms. The van der Waals surface area contributed by atoms with Crippen molar-refractivity contribution in [3.8, 4) is 0 Å². The number of aliphatic hydroxyl groups is 1. The molecule has 4 nitrogen and oxygen atoms in total. The van der Waals surface area contributed by atoms with Gasteiger partial charge >= 0.3 is 0 Å². The zero-order chi connectivity index (χ0) is 13.9. The van der Waals surface area contributed by atoms with Gasteiger partial charge in [0.15, 0.2) is 0 Å². The second-order valence-electron chi connectivity index (χ2n) is 5.65. The zero-order valence-corrected chi connectivity index (χ0v) is 11.9. The number of pyridine rings is 1. The Balaban J connectivity index is 2.09. The molecule has 1 heterocycles. The summed E-state index contributed by atoms with van der Waals surface area (Å²) in [6.45, 7) is 5.22.